The van der Waals surface area contributed by atoms with Crippen LogP contribution in [0.3, 0.4) is 0 Å². The summed E-state index contributed by atoms with van der Waals surface area (Å²) in [5.74, 6) is 0.742. The van der Waals surface area contributed by atoms with Crippen LogP contribution in [0.15, 0.2) is 66.9 Å². The highest BCUT2D eigenvalue weighted by atomic mass is 19.1. The smallest absolute Gasteiger partial charge is 0.123 e. The number of hydrogen-bond donors (Lipinski definition) is 1. The van der Waals surface area contributed by atoms with Gasteiger partial charge in [0.2, 0.25) is 0 Å². The van der Waals surface area contributed by atoms with Crippen LogP contribution < -0.4 is 10.1 Å². The predicted molar refractivity (Wildman–Crippen MR) is 125 cm³/mol. The Bertz CT molecular complexity index is 1020. The fourth-order valence-corrected chi connectivity index (χ4v) is 5.05. The Kier molecular flexibility index (Phi) is 6.19. The van der Waals surface area contributed by atoms with Crippen molar-refractivity contribution >= 4 is 0 Å². The molecule has 2 aliphatic rings. The molecule has 2 aliphatic heterocycles. The fourth-order valence-electron chi connectivity index (χ4n) is 5.05. The number of benzene rings is 2. The molecule has 0 saturated carbocycles. The first-order chi connectivity index (χ1) is 15.6. The van der Waals surface area contributed by atoms with E-state index in [9.17, 15) is 4.39 Å². The average molecular weight is 432 g/mol. The number of nitrogens with zero attached hydrogens (tertiary/aromatic N) is 2. The van der Waals surface area contributed by atoms with E-state index in [4.69, 9.17) is 4.74 Å². The Morgan fingerprint density at radius 2 is 1.72 bits per heavy atom. The van der Waals surface area contributed by atoms with E-state index >= 15 is 0 Å². The van der Waals surface area contributed by atoms with Crippen molar-refractivity contribution in [3.8, 4) is 17.0 Å². The molecule has 0 aliphatic carbocycles. The van der Waals surface area contributed by atoms with Crippen molar-refractivity contribution in [2.75, 3.05) is 7.05 Å². The molecule has 1 aromatic heterocycles. The molecule has 4 nitrogen and oxygen atoms in total. The molecule has 0 radical (unpaired) electrons. The Balaban J connectivity index is 1.13. The molecule has 0 amide bonds. The molecule has 0 unspecified atom stereocenters. The molecule has 2 fully saturated rings. The molecule has 3 heterocycles. The number of nitrogens with one attached hydrogen (secondary N) is 1. The number of aromatic nitrogens is 1. The third-order valence-electron chi connectivity index (χ3n) is 6.88. The van der Waals surface area contributed by atoms with Gasteiger partial charge in [0.25, 0.3) is 0 Å². The van der Waals surface area contributed by atoms with Crippen molar-refractivity contribution in [1.82, 2.24) is 15.2 Å². The first-order valence-corrected chi connectivity index (χ1v) is 11.5. The predicted octanol–water partition coefficient (Wildman–Crippen LogP) is 5.18. The Hall–Kier alpha value is -2.76. The largest absolute Gasteiger partial charge is 0.490 e. The first-order valence-electron chi connectivity index (χ1n) is 11.5. The topological polar surface area (TPSA) is 37.4 Å². The summed E-state index contributed by atoms with van der Waals surface area (Å²) < 4.78 is 19.5. The second kappa shape index (κ2) is 9.39. The van der Waals surface area contributed by atoms with E-state index in [2.05, 4.69) is 52.6 Å². The lowest BCUT2D eigenvalue weighted by Gasteiger charge is -2.36. The van der Waals surface area contributed by atoms with Gasteiger partial charge in [0, 0.05) is 36.9 Å². The number of ether oxygens (including phenoxy) is 1. The number of rotatable bonds is 7. The minimum absolute atomic E-state index is 0.234. The Morgan fingerprint density at radius 3 is 2.44 bits per heavy atom. The monoisotopic (exact) mass is 431 g/mol. The van der Waals surface area contributed by atoms with E-state index in [1.54, 1.807) is 12.1 Å². The SMILES string of the molecule is CN1[C@@H]2CC[C@H]1C[C@H](Oc1cccc(CNCc3ccc(-c4ccc(F)cc4)nc3)c1)C2. The summed E-state index contributed by atoms with van der Waals surface area (Å²) >= 11 is 0. The van der Waals surface area contributed by atoms with Gasteiger partial charge in [-0.25, -0.2) is 4.39 Å². The highest BCUT2D eigenvalue weighted by Gasteiger charge is 2.39. The highest BCUT2D eigenvalue weighted by Crippen LogP contribution is 2.36. The lowest BCUT2D eigenvalue weighted by atomic mass is 10.0. The molecule has 32 heavy (non-hydrogen) atoms. The van der Waals surface area contributed by atoms with E-state index in [1.165, 1.54) is 30.5 Å². The summed E-state index contributed by atoms with van der Waals surface area (Å²) in [5.41, 5.74) is 4.10. The molecular weight excluding hydrogens is 401 g/mol. The molecule has 2 aromatic carbocycles. The number of halogens is 1. The quantitative estimate of drug-likeness (QED) is 0.559. The molecule has 3 atom stereocenters. The van der Waals surface area contributed by atoms with E-state index < -0.39 is 0 Å². The zero-order chi connectivity index (χ0) is 21.9. The molecular formula is C27H30FN3O. The number of hydrogen-bond acceptors (Lipinski definition) is 4. The minimum Gasteiger partial charge on any atom is -0.490 e. The third-order valence-corrected chi connectivity index (χ3v) is 6.88. The molecule has 5 rings (SSSR count). The van der Waals surface area contributed by atoms with Gasteiger partial charge in [0.1, 0.15) is 17.7 Å². The molecule has 2 saturated heterocycles. The fraction of sp³-hybridized carbons (Fsp3) is 0.370. The van der Waals surface area contributed by atoms with E-state index in [1.807, 2.05) is 12.3 Å². The highest BCUT2D eigenvalue weighted by molar-refractivity contribution is 5.58. The molecule has 1 N–H and O–H groups in total. The second-order valence-corrected chi connectivity index (χ2v) is 9.07. The maximum Gasteiger partial charge on any atom is 0.123 e. The number of fused-ring (bicyclic) bond motifs is 2. The van der Waals surface area contributed by atoms with Crippen molar-refractivity contribution in [1.29, 1.82) is 0 Å². The minimum atomic E-state index is -0.234. The van der Waals surface area contributed by atoms with Crippen molar-refractivity contribution in [3.63, 3.8) is 0 Å². The zero-order valence-electron chi connectivity index (χ0n) is 18.5. The maximum atomic E-state index is 13.1. The van der Waals surface area contributed by atoms with E-state index in [0.29, 0.717) is 18.2 Å². The van der Waals surface area contributed by atoms with Crippen molar-refractivity contribution < 1.29 is 9.13 Å². The maximum absolute atomic E-state index is 13.1. The van der Waals surface area contributed by atoms with Gasteiger partial charge in [0.15, 0.2) is 0 Å². The summed E-state index contributed by atoms with van der Waals surface area (Å²) in [6.07, 6.45) is 7.10. The van der Waals surface area contributed by atoms with E-state index in [0.717, 1.165) is 48.5 Å². The summed E-state index contributed by atoms with van der Waals surface area (Å²) in [7, 11) is 2.26. The lowest BCUT2D eigenvalue weighted by Crippen LogP contribution is -2.43. The Morgan fingerprint density at radius 1 is 0.969 bits per heavy atom. The normalized spacial score (nSPS) is 22.8. The van der Waals surface area contributed by atoms with Crippen LogP contribution in [0.1, 0.15) is 36.8 Å². The van der Waals surface area contributed by atoms with Crippen molar-refractivity contribution in [2.24, 2.45) is 0 Å². The van der Waals surface area contributed by atoms with Gasteiger partial charge in [-0.2, -0.15) is 0 Å². The second-order valence-electron chi connectivity index (χ2n) is 9.07. The summed E-state index contributed by atoms with van der Waals surface area (Å²) in [6, 6.07) is 20.3. The van der Waals surface area contributed by atoms with Crippen molar-refractivity contribution in [3.05, 3.63) is 83.8 Å². The van der Waals surface area contributed by atoms with E-state index in [-0.39, 0.29) is 5.82 Å². The lowest BCUT2D eigenvalue weighted by molar-refractivity contribution is 0.0661. The summed E-state index contributed by atoms with van der Waals surface area (Å²) in [5, 5.41) is 3.49. The Labute approximate surface area is 189 Å². The van der Waals surface area contributed by atoms with Crippen LogP contribution in [0.2, 0.25) is 0 Å². The van der Waals surface area contributed by atoms with Gasteiger partial charge >= 0.3 is 0 Å². The van der Waals surface area contributed by atoms with Crippen LogP contribution in [-0.2, 0) is 13.1 Å². The van der Waals surface area contributed by atoms with Gasteiger partial charge in [-0.1, -0.05) is 18.2 Å². The van der Waals surface area contributed by atoms with Crippen LogP contribution in [0, 0.1) is 5.82 Å². The van der Waals surface area contributed by atoms with Gasteiger partial charge in [-0.05, 0) is 86.3 Å². The molecule has 3 aromatic rings. The van der Waals surface area contributed by atoms with Crippen LogP contribution in [0.5, 0.6) is 5.75 Å². The van der Waals surface area contributed by atoms with Crippen LogP contribution in [0.4, 0.5) is 4.39 Å². The molecule has 2 bridgehead atoms. The molecule has 166 valence electrons. The van der Waals surface area contributed by atoms with Crippen LogP contribution >= 0.6 is 0 Å². The van der Waals surface area contributed by atoms with Gasteiger partial charge in [-0.3, -0.25) is 4.98 Å². The number of piperidine rings is 1. The third kappa shape index (κ3) is 4.84. The van der Waals surface area contributed by atoms with Crippen LogP contribution in [0.25, 0.3) is 11.3 Å². The van der Waals surface area contributed by atoms with Crippen LogP contribution in [-0.4, -0.2) is 35.1 Å². The van der Waals surface area contributed by atoms with Gasteiger partial charge in [0.05, 0.1) is 5.69 Å². The summed E-state index contributed by atoms with van der Waals surface area (Å²) in [6.45, 7) is 1.51. The van der Waals surface area contributed by atoms with Gasteiger partial charge < -0.3 is 15.0 Å². The van der Waals surface area contributed by atoms with Crippen molar-refractivity contribution in [2.45, 2.75) is 57.0 Å². The molecule has 0 spiro atoms. The van der Waals surface area contributed by atoms with Gasteiger partial charge in [-0.15, -0.1) is 0 Å². The first kappa shape index (κ1) is 21.1. The standard InChI is InChI=1S/C27H30FN3O/c1-31-23-10-11-24(31)15-26(14-23)32-25-4-2-3-19(13-25)16-29-17-20-5-12-27(30-18-20)21-6-8-22(28)9-7-21/h2-9,12-13,18,23-24,26,29H,10-11,14-17H2,1H3/t23-,24+,26-. The number of pyridine rings is 1. The zero-order valence-corrected chi connectivity index (χ0v) is 18.5. The summed E-state index contributed by atoms with van der Waals surface area (Å²) in [4.78, 5) is 7.06. The average Bonchev–Trinajstić information content (AvgIpc) is 3.01. The molecule has 5 heteroatoms.